The van der Waals surface area contributed by atoms with E-state index in [1.165, 1.54) is 0 Å². The number of halogens is 2. The van der Waals surface area contributed by atoms with E-state index in [9.17, 15) is 0 Å². The standard InChI is InChI=1S/C13H12ClIN2O/c1-8(2)13-16-11(14)7-12(17-13)18-10-6-4-3-5-9(10)15/h3-8H,1-2H3. The van der Waals surface area contributed by atoms with E-state index in [0.717, 1.165) is 9.32 Å². The topological polar surface area (TPSA) is 35.0 Å². The molecule has 0 saturated heterocycles. The van der Waals surface area contributed by atoms with Crippen molar-refractivity contribution in [1.29, 1.82) is 0 Å². The summed E-state index contributed by atoms with van der Waals surface area (Å²) in [6.07, 6.45) is 0. The van der Waals surface area contributed by atoms with Crippen molar-refractivity contribution in [3.05, 3.63) is 44.9 Å². The molecule has 1 heterocycles. The monoisotopic (exact) mass is 374 g/mol. The van der Waals surface area contributed by atoms with Crippen molar-refractivity contribution in [2.45, 2.75) is 19.8 Å². The Labute approximate surface area is 125 Å². The predicted octanol–water partition coefficient (Wildman–Crippen LogP) is 4.65. The number of hydrogen-bond acceptors (Lipinski definition) is 3. The van der Waals surface area contributed by atoms with Crippen molar-refractivity contribution < 1.29 is 4.74 Å². The lowest BCUT2D eigenvalue weighted by molar-refractivity contribution is 0.454. The summed E-state index contributed by atoms with van der Waals surface area (Å²) in [5.74, 6) is 2.13. The van der Waals surface area contributed by atoms with Crippen LogP contribution in [0.4, 0.5) is 0 Å². The average Bonchev–Trinajstić information content (AvgIpc) is 2.31. The van der Waals surface area contributed by atoms with Crippen molar-refractivity contribution in [3.63, 3.8) is 0 Å². The molecule has 0 aliphatic heterocycles. The average molecular weight is 375 g/mol. The van der Waals surface area contributed by atoms with Gasteiger partial charge >= 0.3 is 0 Å². The van der Waals surface area contributed by atoms with E-state index < -0.39 is 0 Å². The van der Waals surface area contributed by atoms with Gasteiger partial charge < -0.3 is 4.74 Å². The molecule has 0 bridgehead atoms. The van der Waals surface area contributed by atoms with Gasteiger partial charge in [-0.2, -0.15) is 4.98 Å². The molecule has 3 nitrogen and oxygen atoms in total. The fraction of sp³-hybridized carbons (Fsp3) is 0.231. The predicted molar refractivity (Wildman–Crippen MR) is 80.4 cm³/mol. The van der Waals surface area contributed by atoms with E-state index in [-0.39, 0.29) is 5.92 Å². The molecule has 0 fully saturated rings. The smallest absolute Gasteiger partial charge is 0.224 e. The highest BCUT2D eigenvalue weighted by Crippen LogP contribution is 2.27. The van der Waals surface area contributed by atoms with Gasteiger partial charge in [0.05, 0.1) is 3.57 Å². The molecule has 0 N–H and O–H groups in total. The van der Waals surface area contributed by atoms with Crippen LogP contribution in [0.2, 0.25) is 5.15 Å². The van der Waals surface area contributed by atoms with E-state index in [0.29, 0.717) is 16.9 Å². The Bertz CT molecular complexity index is 560. The summed E-state index contributed by atoms with van der Waals surface area (Å²) in [6.45, 7) is 4.03. The molecule has 0 saturated carbocycles. The van der Waals surface area contributed by atoms with Crippen LogP contribution in [0.1, 0.15) is 25.6 Å². The van der Waals surface area contributed by atoms with Gasteiger partial charge in [0.2, 0.25) is 5.88 Å². The van der Waals surface area contributed by atoms with E-state index >= 15 is 0 Å². The molecule has 0 amide bonds. The molecule has 0 aliphatic carbocycles. The van der Waals surface area contributed by atoms with E-state index in [2.05, 4.69) is 32.6 Å². The molecule has 0 spiro atoms. The lowest BCUT2D eigenvalue weighted by Crippen LogP contribution is -2.00. The van der Waals surface area contributed by atoms with Crippen LogP contribution in [0, 0.1) is 3.57 Å². The third-order valence-electron chi connectivity index (χ3n) is 2.26. The summed E-state index contributed by atoms with van der Waals surface area (Å²) < 4.78 is 6.76. The molecular formula is C13H12ClIN2O. The molecule has 0 aliphatic rings. The third kappa shape index (κ3) is 3.32. The summed E-state index contributed by atoms with van der Waals surface area (Å²) in [4.78, 5) is 8.52. The first-order chi connectivity index (χ1) is 8.56. The minimum absolute atomic E-state index is 0.209. The normalized spacial score (nSPS) is 10.7. The third-order valence-corrected chi connectivity index (χ3v) is 3.34. The molecule has 1 aromatic heterocycles. The van der Waals surface area contributed by atoms with Crippen LogP contribution in [0.15, 0.2) is 30.3 Å². The largest absolute Gasteiger partial charge is 0.438 e. The summed E-state index contributed by atoms with van der Waals surface area (Å²) in [5, 5.41) is 0.398. The number of rotatable bonds is 3. The molecule has 18 heavy (non-hydrogen) atoms. The first-order valence-electron chi connectivity index (χ1n) is 5.53. The number of ether oxygens (including phenoxy) is 1. The van der Waals surface area contributed by atoms with Crippen LogP contribution in [-0.4, -0.2) is 9.97 Å². The van der Waals surface area contributed by atoms with Gasteiger partial charge in [-0.1, -0.05) is 37.6 Å². The van der Waals surface area contributed by atoms with Crippen LogP contribution >= 0.6 is 34.2 Å². The van der Waals surface area contributed by atoms with Gasteiger partial charge in [-0.15, -0.1) is 0 Å². The summed E-state index contributed by atoms with van der Waals surface area (Å²) >= 11 is 8.18. The number of nitrogens with zero attached hydrogens (tertiary/aromatic N) is 2. The van der Waals surface area contributed by atoms with Crippen molar-refractivity contribution in [3.8, 4) is 11.6 Å². The van der Waals surface area contributed by atoms with Crippen LogP contribution in [0.25, 0.3) is 0 Å². The highest BCUT2D eigenvalue weighted by Gasteiger charge is 2.09. The second-order valence-corrected chi connectivity index (χ2v) is 5.62. The molecule has 0 unspecified atom stereocenters. The molecule has 2 rings (SSSR count). The second-order valence-electron chi connectivity index (χ2n) is 4.07. The fourth-order valence-electron chi connectivity index (χ4n) is 1.36. The Morgan fingerprint density at radius 3 is 2.61 bits per heavy atom. The molecule has 5 heteroatoms. The van der Waals surface area contributed by atoms with Crippen LogP contribution in [-0.2, 0) is 0 Å². The number of benzene rings is 1. The highest BCUT2D eigenvalue weighted by atomic mass is 127. The first kappa shape index (κ1) is 13.5. The zero-order valence-corrected chi connectivity index (χ0v) is 12.9. The first-order valence-corrected chi connectivity index (χ1v) is 6.99. The molecular weight excluding hydrogens is 363 g/mol. The van der Waals surface area contributed by atoms with Gasteiger partial charge in [0, 0.05) is 12.0 Å². The maximum absolute atomic E-state index is 5.97. The maximum Gasteiger partial charge on any atom is 0.224 e. The van der Waals surface area contributed by atoms with E-state index in [1.807, 2.05) is 38.1 Å². The Balaban J connectivity index is 2.32. The molecule has 2 aromatic rings. The van der Waals surface area contributed by atoms with Crippen LogP contribution in [0.5, 0.6) is 11.6 Å². The van der Waals surface area contributed by atoms with Crippen LogP contribution < -0.4 is 4.74 Å². The Morgan fingerprint density at radius 1 is 1.22 bits per heavy atom. The summed E-state index contributed by atoms with van der Waals surface area (Å²) in [6, 6.07) is 9.37. The van der Waals surface area contributed by atoms with E-state index in [1.54, 1.807) is 6.07 Å². The SMILES string of the molecule is CC(C)c1nc(Cl)cc(Oc2ccccc2I)n1. The Kier molecular flexibility index (Phi) is 4.40. The van der Waals surface area contributed by atoms with Gasteiger partial charge in [0.15, 0.2) is 0 Å². The van der Waals surface area contributed by atoms with E-state index in [4.69, 9.17) is 16.3 Å². The molecule has 0 atom stereocenters. The van der Waals surface area contributed by atoms with Gasteiger partial charge in [0.25, 0.3) is 0 Å². The van der Waals surface area contributed by atoms with Gasteiger partial charge in [-0.05, 0) is 34.7 Å². The van der Waals surface area contributed by atoms with Crippen LogP contribution in [0.3, 0.4) is 0 Å². The van der Waals surface area contributed by atoms with Gasteiger partial charge in [-0.25, -0.2) is 4.98 Å². The molecule has 1 aromatic carbocycles. The minimum atomic E-state index is 0.209. The van der Waals surface area contributed by atoms with Crippen molar-refractivity contribution in [2.24, 2.45) is 0 Å². The zero-order valence-electron chi connectivity index (χ0n) is 10.0. The summed E-state index contributed by atoms with van der Waals surface area (Å²) in [7, 11) is 0. The number of para-hydroxylation sites is 1. The lowest BCUT2D eigenvalue weighted by Gasteiger charge is -2.09. The maximum atomic E-state index is 5.97. The number of aromatic nitrogens is 2. The highest BCUT2D eigenvalue weighted by molar-refractivity contribution is 14.1. The minimum Gasteiger partial charge on any atom is -0.438 e. The zero-order chi connectivity index (χ0) is 13.1. The van der Waals surface area contributed by atoms with Crippen molar-refractivity contribution in [2.75, 3.05) is 0 Å². The number of hydrogen-bond donors (Lipinski definition) is 0. The summed E-state index contributed by atoms with van der Waals surface area (Å²) in [5.41, 5.74) is 0. The Hall–Kier alpha value is -0.880. The lowest BCUT2D eigenvalue weighted by atomic mass is 10.2. The second kappa shape index (κ2) is 5.84. The molecule has 94 valence electrons. The molecule has 0 radical (unpaired) electrons. The fourth-order valence-corrected chi connectivity index (χ4v) is 2.04. The van der Waals surface area contributed by atoms with Crippen molar-refractivity contribution >= 4 is 34.2 Å². The van der Waals surface area contributed by atoms with Crippen molar-refractivity contribution in [1.82, 2.24) is 9.97 Å². The van der Waals surface area contributed by atoms with Gasteiger partial charge in [-0.3, -0.25) is 0 Å². The Morgan fingerprint density at radius 2 is 1.94 bits per heavy atom. The quantitative estimate of drug-likeness (QED) is 0.579. The van der Waals surface area contributed by atoms with Gasteiger partial charge in [0.1, 0.15) is 16.7 Å².